The predicted molar refractivity (Wildman–Crippen MR) is 133 cm³/mol. The van der Waals surface area contributed by atoms with Gasteiger partial charge in [-0.1, -0.05) is 18.1 Å². The van der Waals surface area contributed by atoms with E-state index in [1.807, 2.05) is 0 Å². The van der Waals surface area contributed by atoms with E-state index < -0.39 is 16.6 Å². The fraction of sp³-hybridized carbons (Fsp3) is 0.720. The average molecular weight is 460 g/mol. The van der Waals surface area contributed by atoms with Crippen LogP contribution < -0.4 is 4.43 Å². The SMILES string of the molecule is CO/N=C1\C(O[Si](C)(C)C)C[C@H]2[C@@H]3CCc4cc(O[Si](C)(C)C)ccc4[C@H]3CC[C@]12C. The first-order chi connectivity index (χ1) is 14.4. The first-order valence-corrected chi connectivity index (χ1v) is 18.8. The lowest BCUT2D eigenvalue weighted by molar-refractivity contribution is 0.0856. The molecule has 0 bridgehead atoms. The van der Waals surface area contributed by atoms with Crippen LogP contribution in [0.25, 0.3) is 0 Å². The number of rotatable bonds is 5. The second kappa shape index (κ2) is 8.03. The topological polar surface area (TPSA) is 40.0 Å². The first-order valence-electron chi connectivity index (χ1n) is 12.0. The van der Waals surface area contributed by atoms with Crippen molar-refractivity contribution in [3.8, 4) is 5.75 Å². The maximum Gasteiger partial charge on any atom is 0.242 e. The highest BCUT2D eigenvalue weighted by molar-refractivity contribution is 6.70. The summed E-state index contributed by atoms with van der Waals surface area (Å²) in [5.41, 5.74) is 4.35. The molecule has 172 valence electrons. The number of aryl methyl sites for hydroxylation is 1. The van der Waals surface area contributed by atoms with Crippen LogP contribution in [0, 0.1) is 17.3 Å². The molecule has 2 fully saturated rings. The van der Waals surface area contributed by atoms with E-state index in [-0.39, 0.29) is 11.5 Å². The van der Waals surface area contributed by atoms with Crippen molar-refractivity contribution in [3.63, 3.8) is 0 Å². The molecule has 6 heteroatoms. The Kier molecular flexibility index (Phi) is 5.97. The van der Waals surface area contributed by atoms with E-state index in [1.165, 1.54) is 30.5 Å². The Morgan fingerprint density at radius 3 is 2.42 bits per heavy atom. The van der Waals surface area contributed by atoms with Gasteiger partial charge in [0.25, 0.3) is 0 Å². The van der Waals surface area contributed by atoms with Gasteiger partial charge in [-0.15, -0.1) is 0 Å². The van der Waals surface area contributed by atoms with Gasteiger partial charge in [0.2, 0.25) is 8.32 Å². The lowest BCUT2D eigenvalue weighted by Gasteiger charge is -2.48. The van der Waals surface area contributed by atoms with Crippen LogP contribution in [0.4, 0.5) is 0 Å². The second-order valence-corrected chi connectivity index (χ2v) is 20.9. The van der Waals surface area contributed by atoms with Crippen molar-refractivity contribution in [1.82, 2.24) is 0 Å². The van der Waals surface area contributed by atoms with Gasteiger partial charge < -0.3 is 13.7 Å². The molecule has 31 heavy (non-hydrogen) atoms. The molecule has 0 saturated heterocycles. The standard InChI is InChI=1S/C25H41NO3Si2/c1-25-14-13-20-19-12-10-18(28-30(3,4)5)15-17(19)9-11-21(20)22(25)16-23(24(25)26-27-2)29-31(6,7)8/h10,12,15,20-23H,9,11,13-14,16H2,1-8H3/b26-24+/t20-,21-,22+,23?,25+/m1/s1. The molecule has 3 aliphatic carbocycles. The molecule has 4 rings (SSSR count). The fourth-order valence-corrected chi connectivity index (χ4v) is 8.45. The van der Waals surface area contributed by atoms with Gasteiger partial charge in [-0.3, -0.25) is 0 Å². The molecule has 0 radical (unpaired) electrons. The molecule has 2 saturated carbocycles. The van der Waals surface area contributed by atoms with Crippen LogP contribution in [0.3, 0.4) is 0 Å². The molecule has 0 heterocycles. The Labute approximate surface area is 191 Å². The Bertz CT molecular complexity index is 857. The van der Waals surface area contributed by atoms with Crippen molar-refractivity contribution in [2.75, 3.05) is 7.11 Å². The predicted octanol–water partition coefficient (Wildman–Crippen LogP) is 6.59. The van der Waals surface area contributed by atoms with E-state index >= 15 is 0 Å². The molecule has 3 aliphatic rings. The third-order valence-electron chi connectivity index (χ3n) is 7.56. The minimum absolute atomic E-state index is 0.0971. The quantitative estimate of drug-likeness (QED) is 0.368. The maximum absolute atomic E-state index is 6.65. The minimum atomic E-state index is -1.66. The molecule has 1 aromatic rings. The molecular formula is C25H41NO3Si2. The summed E-state index contributed by atoms with van der Waals surface area (Å²) in [7, 11) is -1.57. The van der Waals surface area contributed by atoms with Crippen LogP contribution in [-0.4, -0.2) is 35.6 Å². The summed E-state index contributed by atoms with van der Waals surface area (Å²) in [5, 5.41) is 4.57. The van der Waals surface area contributed by atoms with Crippen LogP contribution in [0.5, 0.6) is 5.75 Å². The fourth-order valence-electron chi connectivity index (χ4n) is 6.55. The van der Waals surface area contributed by atoms with Gasteiger partial charge in [-0.2, -0.15) is 0 Å². The number of nitrogens with zero attached hydrogens (tertiary/aromatic N) is 1. The Morgan fingerprint density at radius 2 is 1.77 bits per heavy atom. The van der Waals surface area contributed by atoms with Gasteiger partial charge in [0, 0.05) is 5.41 Å². The van der Waals surface area contributed by atoms with Crippen molar-refractivity contribution in [2.45, 2.75) is 90.3 Å². The average Bonchev–Trinajstić information content (AvgIpc) is 2.91. The maximum atomic E-state index is 6.65. The largest absolute Gasteiger partial charge is 0.544 e. The lowest BCUT2D eigenvalue weighted by atomic mass is 9.55. The smallest absolute Gasteiger partial charge is 0.242 e. The van der Waals surface area contributed by atoms with Crippen LogP contribution in [-0.2, 0) is 15.7 Å². The molecule has 0 amide bonds. The summed E-state index contributed by atoms with van der Waals surface area (Å²) in [4.78, 5) is 5.34. The second-order valence-electron chi connectivity index (χ2n) is 12.1. The van der Waals surface area contributed by atoms with Gasteiger partial charge in [-0.05, 0) is 112 Å². The first kappa shape index (κ1) is 23.1. The zero-order chi connectivity index (χ0) is 22.6. The summed E-state index contributed by atoms with van der Waals surface area (Å²) < 4.78 is 12.9. The van der Waals surface area contributed by atoms with Crippen molar-refractivity contribution < 1.29 is 13.7 Å². The van der Waals surface area contributed by atoms with E-state index in [2.05, 4.69) is 69.6 Å². The molecule has 0 N–H and O–H groups in total. The summed E-state index contributed by atoms with van der Waals surface area (Å²) in [6.45, 7) is 16.0. The summed E-state index contributed by atoms with van der Waals surface area (Å²) >= 11 is 0. The Morgan fingerprint density at radius 1 is 1.03 bits per heavy atom. The summed E-state index contributed by atoms with van der Waals surface area (Å²) in [6, 6.07) is 6.93. The van der Waals surface area contributed by atoms with E-state index in [0.29, 0.717) is 17.8 Å². The zero-order valence-corrected chi connectivity index (χ0v) is 22.7. The minimum Gasteiger partial charge on any atom is -0.544 e. The van der Waals surface area contributed by atoms with Crippen LogP contribution in [0.1, 0.15) is 49.7 Å². The molecule has 0 spiro atoms. The molecule has 5 atom stereocenters. The third-order valence-corrected chi connectivity index (χ3v) is 9.39. The molecule has 0 aromatic heterocycles. The van der Waals surface area contributed by atoms with Crippen LogP contribution in [0.15, 0.2) is 23.4 Å². The van der Waals surface area contributed by atoms with Crippen LogP contribution in [0.2, 0.25) is 39.3 Å². The monoisotopic (exact) mass is 459 g/mol. The van der Waals surface area contributed by atoms with E-state index in [4.69, 9.17) is 13.7 Å². The van der Waals surface area contributed by atoms with Gasteiger partial charge in [0.1, 0.15) is 12.9 Å². The summed E-state index contributed by atoms with van der Waals surface area (Å²) in [5.74, 6) is 3.04. The Hall–Kier alpha value is -1.12. The highest BCUT2D eigenvalue weighted by atomic mass is 28.4. The van der Waals surface area contributed by atoms with Crippen molar-refractivity contribution >= 4 is 22.3 Å². The molecule has 4 nitrogen and oxygen atoms in total. The van der Waals surface area contributed by atoms with Gasteiger partial charge in [0.15, 0.2) is 8.32 Å². The summed E-state index contributed by atoms with van der Waals surface area (Å²) in [6.07, 6.45) is 6.02. The van der Waals surface area contributed by atoms with Crippen LogP contribution >= 0.6 is 0 Å². The van der Waals surface area contributed by atoms with E-state index in [0.717, 1.165) is 18.6 Å². The van der Waals surface area contributed by atoms with Gasteiger partial charge in [-0.25, -0.2) is 0 Å². The number of hydrogen-bond donors (Lipinski definition) is 0. The normalized spacial score (nSPS) is 34.1. The zero-order valence-electron chi connectivity index (χ0n) is 20.7. The number of benzene rings is 1. The highest BCUT2D eigenvalue weighted by Crippen LogP contribution is 2.60. The highest BCUT2D eigenvalue weighted by Gasteiger charge is 2.58. The van der Waals surface area contributed by atoms with Crippen molar-refractivity contribution in [3.05, 3.63) is 29.3 Å². The van der Waals surface area contributed by atoms with Gasteiger partial charge >= 0.3 is 0 Å². The van der Waals surface area contributed by atoms with Crippen molar-refractivity contribution in [1.29, 1.82) is 0 Å². The van der Waals surface area contributed by atoms with Gasteiger partial charge in [0.05, 0.1) is 11.8 Å². The van der Waals surface area contributed by atoms with E-state index in [1.54, 1.807) is 12.7 Å². The lowest BCUT2D eigenvalue weighted by Crippen LogP contribution is -2.43. The third kappa shape index (κ3) is 4.53. The molecule has 0 aliphatic heterocycles. The number of hydrogen-bond acceptors (Lipinski definition) is 4. The van der Waals surface area contributed by atoms with Crippen molar-refractivity contribution in [2.24, 2.45) is 22.4 Å². The number of oxime groups is 1. The molecule has 1 unspecified atom stereocenters. The van der Waals surface area contributed by atoms with E-state index in [9.17, 15) is 0 Å². The molecular weight excluding hydrogens is 418 g/mol. The molecule has 1 aromatic carbocycles. The Balaban J connectivity index is 1.62. The number of fused-ring (bicyclic) bond motifs is 5.